The summed E-state index contributed by atoms with van der Waals surface area (Å²) in [6, 6.07) is 16.2. The maximum Gasteiger partial charge on any atom is 0.274 e. The highest BCUT2D eigenvalue weighted by molar-refractivity contribution is 6.09. The predicted octanol–water partition coefficient (Wildman–Crippen LogP) is 5.16. The Bertz CT molecular complexity index is 1260. The molecule has 0 aliphatic heterocycles. The minimum Gasteiger partial charge on any atom is -0.321 e. The molecule has 0 spiro atoms. The number of aromatic nitrogens is 1. The van der Waals surface area contributed by atoms with E-state index < -0.39 is 10.8 Å². The van der Waals surface area contributed by atoms with Gasteiger partial charge < -0.3 is 9.88 Å². The average molecular weight is 414 g/mol. The fourth-order valence-electron chi connectivity index (χ4n) is 3.49. The van der Waals surface area contributed by atoms with Gasteiger partial charge in [-0.2, -0.15) is 5.26 Å². The molecule has 31 heavy (non-hydrogen) atoms. The number of hydrogen-bond donors (Lipinski definition) is 1. The zero-order valence-corrected chi connectivity index (χ0v) is 17.8. The number of carbonyl (C=O) groups excluding carboxylic acids is 1. The average Bonchev–Trinajstić information content (AvgIpc) is 2.99. The van der Waals surface area contributed by atoms with Crippen molar-refractivity contribution >= 4 is 23.4 Å². The van der Waals surface area contributed by atoms with Crippen LogP contribution in [0.5, 0.6) is 0 Å². The molecule has 0 unspecified atom stereocenters. The van der Waals surface area contributed by atoms with Crippen LogP contribution in [-0.2, 0) is 4.79 Å². The summed E-state index contributed by atoms with van der Waals surface area (Å²) in [5.74, 6) is -0.496. The molecule has 7 nitrogen and oxygen atoms in total. The van der Waals surface area contributed by atoms with Crippen LogP contribution in [0.15, 0.2) is 54.1 Å². The van der Waals surface area contributed by atoms with Gasteiger partial charge in [-0.05, 0) is 69.2 Å². The summed E-state index contributed by atoms with van der Waals surface area (Å²) < 4.78 is 1.87. The minimum atomic E-state index is -0.496. The zero-order chi connectivity index (χ0) is 22.7. The molecule has 0 aliphatic carbocycles. The number of carbonyl (C=O) groups is 1. The Morgan fingerprint density at radius 1 is 1.13 bits per heavy atom. The Morgan fingerprint density at radius 3 is 2.52 bits per heavy atom. The zero-order valence-electron chi connectivity index (χ0n) is 17.8. The van der Waals surface area contributed by atoms with Gasteiger partial charge in [0.2, 0.25) is 0 Å². The second-order valence-corrected chi connectivity index (χ2v) is 7.38. The van der Waals surface area contributed by atoms with E-state index in [1.807, 2.05) is 61.7 Å². The molecule has 1 amide bonds. The van der Waals surface area contributed by atoms with Crippen molar-refractivity contribution in [2.24, 2.45) is 0 Å². The van der Waals surface area contributed by atoms with Gasteiger partial charge in [-0.15, -0.1) is 0 Å². The Labute approximate surface area is 180 Å². The first-order chi connectivity index (χ1) is 14.7. The normalized spacial score (nSPS) is 11.1. The fraction of sp³-hybridized carbons (Fsp3) is 0.167. The van der Waals surface area contributed by atoms with Crippen LogP contribution >= 0.6 is 0 Å². The molecule has 0 radical (unpaired) electrons. The summed E-state index contributed by atoms with van der Waals surface area (Å²) in [5.41, 5.74) is 5.14. The molecule has 1 heterocycles. The molecule has 0 saturated carbocycles. The lowest BCUT2D eigenvalue weighted by Gasteiger charge is -2.10. The lowest BCUT2D eigenvalue weighted by Crippen LogP contribution is -2.13. The molecule has 0 aliphatic rings. The van der Waals surface area contributed by atoms with Crippen LogP contribution in [0.1, 0.15) is 28.1 Å². The van der Waals surface area contributed by atoms with Crippen molar-refractivity contribution in [2.75, 3.05) is 5.32 Å². The number of nitrogens with zero attached hydrogens (tertiary/aromatic N) is 3. The monoisotopic (exact) mass is 414 g/mol. The van der Waals surface area contributed by atoms with Gasteiger partial charge >= 0.3 is 0 Å². The van der Waals surface area contributed by atoms with Crippen molar-refractivity contribution < 1.29 is 9.72 Å². The third kappa shape index (κ3) is 4.54. The number of amides is 1. The van der Waals surface area contributed by atoms with Crippen LogP contribution in [-0.4, -0.2) is 15.4 Å². The van der Waals surface area contributed by atoms with Crippen LogP contribution in [0.2, 0.25) is 0 Å². The highest BCUT2D eigenvalue weighted by Gasteiger charge is 2.17. The molecule has 0 bridgehead atoms. The summed E-state index contributed by atoms with van der Waals surface area (Å²) in [6.45, 7) is 7.32. The van der Waals surface area contributed by atoms with Crippen LogP contribution in [0.25, 0.3) is 11.8 Å². The van der Waals surface area contributed by atoms with Gasteiger partial charge in [-0.25, -0.2) is 0 Å². The number of rotatable bonds is 5. The number of hydrogen-bond acceptors (Lipinski definition) is 4. The summed E-state index contributed by atoms with van der Waals surface area (Å²) >= 11 is 0. The standard InChI is InChI=1S/C24H22N4O3/c1-15-6-5-7-21(10-15)26-24(29)20(14-25)12-19-11-17(3)27(18(19)4)22-9-8-16(2)23(13-22)28(30)31/h5-13H,1-4H3,(H,26,29)/b20-12-. The SMILES string of the molecule is Cc1cccc(NC(=O)/C(C#N)=C\c2cc(C)n(-c3ccc(C)c([N+](=O)[O-])c3)c2C)c1. The molecule has 0 fully saturated rings. The Hall–Kier alpha value is -4.18. The lowest BCUT2D eigenvalue weighted by atomic mass is 10.1. The van der Waals surface area contributed by atoms with Crippen molar-refractivity contribution in [1.29, 1.82) is 5.26 Å². The number of nitriles is 1. The number of anilines is 1. The van der Waals surface area contributed by atoms with E-state index in [2.05, 4.69) is 5.32 Å². The number of nitrogens with one attached hydrogen (secondary N) is 1. The molecule has 3 rings (SSSR count). The van der Waals surface area contributed by atoms with Gasteiger partial charge in [-0.1, -0.05) is 18.2 Å². The topological polar surface area (TPSA) is 101 Å². The molecule has 1 N–H and O–H groups in total. The highest BCUT2D eigenvalue weighted by atomic mass is 16.6. The third-order valence-corrected chi connectivity index (χ3v) is 5.06. The van der Waals surface area contributed by atoms with Crippen LogP contribution in [0.3, 0.4) is 0 Å². The lowest BCUT2D eigenvalue weighted by molar-refractivity contribution is -0.385. The van der Waals surface area contributed by atoms with E-state index in [0.717, 1.165) is 17.0 Å². The van der Waals surface area contributed by atoms with Crippen molar-refractivity contribution in [2.45, 2.75) is 27.7 Å². The van der Waals surface area contributed by atoms with Gasteiger partial charge in [0.05, 0.1) is 10.6 Å². The summed E-state index contributed by atoms with van der Waals surface area (Å²) in [4.78, 5) is 23.5. The number of nitro benzene ring substituents is 1. The largest absolute Gasteiger partial charge is 0.321 e. The first-order valence-corrected chi connectivity index (χ1v) is 9.65. The van der Waals surface area contributed by atoms with Crippen LogP contribution in [0, 0.1) is 49.1 Å². The third-order valence-electron chi connectivity index (χ3n) is 5.06. The van der Waals surface area contributed by atoms with Gasteiger partial charge in [-0.3, -0.25) is 14.9 Å². The smallest absolute Gasteiger partial charge is 0.274 e. The molecule has 0 atom stereocenters. The minimum absolute atomic E-state index is 0.0309. The number of benzene rings is 2. The van der Waals surface area contributed by atoms with E-state index in [-0.39, 0.29) is 11.3 Å². The molecular formula is C24H22N4O3. The van der Waals surface area contributed by atoms with Crippen molar-refractivity contribution in [3.8, 4) is 11.8 Å². The predicted molar refractivity (Wildman–Crippen MR) is 120 cm³/mol. The maximum absolute atomic E-state index is 12.6. The second kappa shape index (κ2) is 8.67. The number of nitro groups is 1. The first-order valence-electron chi connectivity index (χ1n) is 9.65. The van der Waals surface area contributed by atoms with Gasteiger partial charge in [0.15, 0.2) is 0 Å². The quantitative estimate of drug-likeness (QED) is 0.269. The van der Waals surface area contributed by atoms with Gasteiger partial charge in [0.25, 0.3) is 11.6 Å². The fourth-order valence-corrected chi connectivity index (χ4v) is 3.49. The van der Waals surface area contributed by atoms with Crippen molar-refractivity contribution in [3.63, 3.8) is 0 Å². The molecule has 3 aromatic rings. The van der Waals surface area contributed by atoms with E-state index in [0.29, 0.717) is 22.5 Å². The summed E-state index contributed by atoms with van der Waals surface area (Å²) in [5, 5.41) is 23.6. The molecule has 7 heteroatoms. The molecule has 156 valence electrons. The number of aryl methyl sites for hydroxylation is 3. The van der Waals surface area contributed by atoms with Crippen LogP contribution in [0.4, 0.5) is 11.4 Å². The molecular weight excluding hydrogens is 392 g/mol. The highest BCUT2D eigenvalue weighted by Crippen LogP contribution is 2.27. The van der Waals surface area contributed by atoms with E-state index in [4.69, 9.17) is 0 Å². The van der Waals surface area contributed by atoms with Crippen molar-refractivity contribution in [1.82, 2.24) is 4.57 Å². The molecule has 2 aromatic carbocycles. The molecule has 0 saturated heterocycles. The molecule has 1 aromatic heterocycles. The Morgan fingerprint density at radius 2 is 1.87 bits per heavy atom. The summed E-state index contributed by atoms with van der Waals surface area (Å²) in [7, 11) is 0. The van der Waals surface area contributed by atoms with Gasteiger partial charge in [0.1, 0.15) is 11.6 Å². The second-order valence-electron chi connectivity index (χ2n) is 7.38. The Balaban J connectivity index is 1.98. The summed E-state index contributed by atoms with van der Waals surface area (Å²) in [6.07, 6.45) is 1.53. The van der Waals surface area contributed by atoms with Gasteiger partial charge in [0, 0.05) is 28.7 Å². The van der Waals surface area contributed by atoms with E-state index >= 15 is 0 Å². The first kappa shape index (κ1) is 21.5. The van der Waals surface area contributed by atoms with E-state index in [1.165, 1.54) is 12.1 Å². The van der Waals surface area contributed by atoms with E-state index in [9.17, 15) is 20.2 Å². The van der Waals surface area contributed by atoms with E-state index in [1.54, 1.807) is 19.1 Å². The Kier molecular flexibility index (Phi) is 6.02. The van der Waals surface area contributed by atoms with Crippen molar-refractivity contribution in [3.05, 3.63) is 92.3 Å². The van der Waals surface area contributed by atoms with Crippen LogP contribution < -0.4 is 5.32 Å². The maximum atomic E-state index is 12.6.